The Morgan fingerprint density at radius 3 is 2.52 bits per heavy atom. The van der Waals surface area contributed by atoms with Gasteiger partial charge < -0.3 is 15.5 Å². The highest BCUT2D eigenvalue weighted by molar-refractivity contribution is 6.31. The van der Waals surface area contributed by atoms with Gasteiger partial charge in [-0.15, -0.1) is 0 Å². The van der Waals surface area contributed by atoms with Crippen LogP contribution in [0.2, 0.25) is 5.02 Å². The number of carbonyl (C=O) groups is 1. The van der Waals surface area contributed by atoms with Crippen LogP contribution in [0.3, 0.4) is 0 Å². The van der Waals surface area contributed by atoms with Crippen molar-refractivity contribution in [2.24, 2.45) is 5.92 Å². The third-order valence-electron chi connectivity index (χ3n) is 6.76. The molecule has 3 N–H and O–H groups in total. The van der Waals surface area contributed by atoms with Crippen molar-refractivity contribution < 1.29 is 19.4 Å². The number of hydrogen-bond donors (Lipinski definition) is 3. The van der Waals surface area contributed by atoms with Crippen LogP contribution in [0.4, 0.5) is 4.39 Å². The van der Waals surface area contributed by atoms with Crippen molar-refractivity contribution in [3.63, 3.8) is 0 Å². The van der Waals surface area contributed by atoms with E-state index in [0.29, 0.717) is 29.9 Å². The highest BCUT2D eigenvalue weighted by atomic mass is 35.5. The van der Waals surface area contributed by atoms with Crippen molar-refractivity contribution in [2.75, 3.05) is 6.61 Å². The quantitative estimate of drug-likeness (QED) is 0.567. The lowest BCUT2D eigenvalue weighted by Gasteiger charge is -2.37. The van der Waals surface area contributed by atoms with Crippen LogP contribution in [-0.4, -0.2) is 28.3 Å². The number of hydrogen-bond acceptors (Lipinski definition) is 3. The summed E-state index contributed by atoms with van der Waals surface area (Å²) in [6.45, 7) is 2.10. The van der Waals surface area contributed by atoms with E-state index in [1.807, 2.05) is 25.1 Å². The summed E-state index contributed by atoms with van der Waals surface area (Å²) in [4.78, 5) is 13.0. The minimum atomic E-state index is -0.705. The van der Waals surface area contributed by atoms with Gasteiger partial charge in [-0.3, -0.25) is 4.79 Å². The van der Waals surface area contributed by atoms with Gasteiger partial charge in [-0.2, -0.15) is 0 Å². The molecule has 1 fully saturated rings. The molecule has 2 aromatic rings. The minimum Gasteiger partial charge on any atom is -0.509 e. The summed E-state index contributed by atoms with van der Waals surface area (Å²) in [7, 11) is 0. The molecule has 0 radical (unpaired) electrons. The van der Waals surface area contributed by atoms with E-state index in [-0.39, 0.29) is 23.3 Å². The predicted octanol–water partition coefficient (Wildman–Crippen LogP) is 5.55. The Balaban J connectivity index is 1.67. The van der Waals surface area contributed by atoms with Crippen molar-refractivity contribution in [1.82, 2.24) is 5.32 Å². The fourth-order valence-electron chi connectivity index (χ4n) is 4.88. The number of carbonyl (C=O) groups excluding carboxylic acids is 1. The second-order valence-electron chi connectivity index (χ2n) is 8.73. The summed E-state index contributed by atoms with van der Waals surface area (Å²) in [6, 6.07) is 10.2. The molecule has 2 aromatic carbocycles. The van der Waals surface area contributed by atoms with Gasteiger partial charge >= 0.3 is 0 Å². The van der Waals surface area contributed by atoms with Gasteiger partial charge in [-0.1, -0.05) is 29.8 Å². The number of nitrogens with one attached hydrogen (secondary N) is 1. The van der Waals surface area contributed by atoms with E-state index in [4.69, 9.17) is 16.7 Å². The summed E-state index contributed by atoms with van der Waals surface area (Å²) < 4.78 is 13.6. The summed E-state index contributed by atoms with van der Waals surface area (Å²) in [6.07, 6.45) is 4.96. The number of aliphatic hydroxyl groups is 2. The fraction of sp³-hybridized carbons (Fsp3) is 0.400. The topological polar surface area (TPSA) is 69.6 Å². The Bertz CT molecular complexity index is 1040. The van der Waals surface area contributed by atoms with Gasteiger partial charge in [0.25, 0.3) is 5.91 Å². The summed E-state index contributed by atoms with van der Waals surface area (Å²) >= 11 is 5.95. The van der Waals surface area contributed by atoms with Crippen LogP contribution < -0.4 is 5.32 Å². The molecule has 164 valence electrons. The number of rotatable bonds is 5. The summed E-state index contributed by atoms with van der Waals surface area (Å²) in [5, 5.41) is 23.4. The second kappa shape index (κ2) is 8.64. The van der Waals surface area contributed by atoms with Gasteiger partial charge in [0.15, 0.2) is 0 Å². The van der Waals surface area contributed by atoms with E-state index in [0.717, 1.165) is 42.4 Å². The zero-order chi connectivity index (χ0) is 22.2. The molecule has 31 heavy (non-hydrogen) atoms. The first kappa shape index (κ1) is 21.8. The van der Waals surface area contributed by atoms with E-state index < -0.39 is 11.4 Å². The van der Waals surface area contributed by atoms with Gasteiger partial charge in [0.1, 0.15) is 11.6 Å². The van der Waals surface area contributed by atoms with E-state index in [1.54, 1.807) is 12.1 Å². The van der Waals surface area contributed by atoms with E-state index in [1.165, 1.54) is 6.07 Å². The number of aryl methyl sites for hydroxylation is 1. The van der Waals surface area contributed by atoms with Crippen molar-refractivity contribution in [2.45, 2.75) is 51.0 Å². The normalized spacial score (nSPS) is 23.5. The zero-order valence-electron chi connectivity index (χ0n) is 17.5. The number of aliphatic hydroxyl groups excluding tert-OH is 2. The molecule has 1 aliphatic heterocycles. The highest BCUT2D eigenvalue weighted by Gasteiger charge is 2.47. The van der Waals surface area contributed by atoms with E-state index >= 15 is 0 Å². The average molecular weight is 444 g/mol. The molecule has 2 aliphatic rings. The molecular weight excluding hydrogens is 417 g/mol. The first-order valence-electron chi connectivity index (χ1n) is 10.8. The third-order valence-corrected chi connectivity index (χ3v) is 7.05. The van der Waals surface area contributed by atoms with Crippen LogP contribution in [-0.2, 0) is 4.79 Å². The second-order valence-corrected chi connectivity index (χ2v) is 9.13. The molecule has 0 aromatic heterocycles. The minimum absolute atomic E-state index is 0.0391. The Morgan fingerprint density at radius 2 is 1.84 bits per heavy atom. The van der Waals surface area contributed by atoms with Crippen molar-refractivity contribution in [1.29, 1.82) is 0 Å². The zero-order valence-corrected chi connectivity index (χ0v) is 18.3. The molecule has 0 bridgehead atoms. The lowest BCUT2D eigenvalue weighted by Crippen LogP contribution is -2.47. The predicted molar refractivity (Wildman–Crippen MR) is 120 cm³/mol. The van der Waals surface area contributed by atoms with Crippen LogP contribution in [0.15, 0.2) is 42.2 Å². The molecular formula is C25H27ClFNO3. The largest absolute Gasteiger partial charge is 0.509 e. The Kier molecular flexibility index (Phi) is 6.09. The van der Waals surface area contributed by atoms with Crippen LogP contribution >= 0.6 is 11.6 Å². The van der Waals surface area contributed by atoms with Gasteiger partial charge in [0.05, 0.1) is 16.1 Å². The SMILES string of the molecule is Cc1ccc(-c2ccc(F)c(Cl)c2)cc1C1=C(O)C2(CCC(CCCO)CC2)NC1=O. The van der Waals surface area contributed by atoms with Crippen LogP contribution in [0, 0.1) is 18.7 Å². The molecule has 6 heteroatoms. The molecule has 4 rings (SSSR count). The smallest absolute Gasteiger partial charge is 0.256 e. The molecule has 0 saturated heterocycles. The van der Waals surface area contributed by atoms with Crippen LogP contribution in [0.1, 0.15) is 49.7 Å². The standard InChI is InChI=1S/C25H27ClFNO3/c1-15-4-5-17(18-6-7-21(27)20(26)14-18)13-19(15)22-23(30)25(28-24(22)31)10-8-16(9-11-25)3-2-12-29/h4-7,13-14,16,29-30H,2-3,8-12H2,1H3,(H,28,31). The Morgan fingerprint density at radius 1 is 1.16 bits per heavy atom. The maximum absolute atomic E-state index is 13.6. The van der Waals surface area contributed by atoms with E-state index in [2.05, 4.69) is 5.32 Å². The van der Waals surface area contributed by atoms with Crippen LogP contribution in [0.25, 0.3) is 16.7 Å². The van der Waals surface area contributed by atoms with Gasteiger partial charge in [-0.25, -0.2) is 4.39 Å². The monoisotopic (exact) mass is 443 g/mol. The first-order valence-corrected chi connectivity index (χ1v) is 11.2. The van der Waals surface area contributed by atoms with Crippen molar-refractivity contribution in [3.05, 3.63) is 64.1 Å². The molecule has 0 unspecified atom stereocenters. The maximum atomic E-state index is 13.6. The lowest BCUT2D eigenvalue weighted by molar-refractivity contribution is -0.116. The van der Waals surface area contributed by atoms with Gasteiger partial charge in [0.2, 0.25) is 0 Å². The Labute approximate surface area is 186 Å². The maximum Gasteiger partial charge on any atom is 0.256 e. The number of benzene rings is 2. The van der Waals surface area contributed by atoms with E-state index in [9.17, 15) is 14.3 Å². The first-order chi connectivity index (χ1) is 14.8. The Hall–Kier alpha value is -2.37. The van der Waals surface area contributed by atoms with Crippen LogP contribution in [0.5, 0.6) is 0 Å². The van der Waals surface area contributed by atoms with Crippen molar-refractivity contribution >= 4 is 23.1 Å². The van der Waals surface area contributed by atoms with Crippen molar-refractivity contribution in [3.8, 4) is 11.1 Å². The molecule has 0 atom stereocenters. The molecule has 4 nitrogen and oxygen atoms in total. The number of halogens is 2. The third kappa shape index (κ3) is 4.09. The number of amides is 1. The fourth-order valence-corrected chi connectivity index (χ4v) is 5.06. The summed E-state index contributed by atoms with van der Waals surface area (Å²) in [5.41, 5.74) is 2.70. The average Bonchev–Trinajstić information content (AvgIpc) is 2.99. The molecule has 1 aliphatic carbocycles. The molecule has 1 saturated carbocycles. The van der Waals surface area contributed by atoms with Gasteiger partial charge in [-0.05, 0) is 91.8 Å². The molecule has 1 heterocycles. The molecule has 1 amide bonds. The highest BCUT2D eigenvalue weighted by Crippen LogP contribution is 2.44. The summed E-state index contributed by atoms with van der Waals surface area (Å²) in [5.74, 6) is -0.108. The van der Waals surface area contributed by atoms with Gasteiger partial charge in [0, 0.05) is 6.61 Å². The lowest BCUT2D eigenvalue weighted by atomic mass is 9.74. The molecule has 1 spiro atoms.